The molecule has 2 rings (SSSR count). The number of hydrogen-bond donors (Lipinski definition) is 1. The molecule has 3 nitrogen and oxygen atoms in total. The summed E-state index contributed by atoms with van der Waals surface area (Å²) < 4.78 is 1.09. The molecule has 1 aromatic heterocycles. The maximum absolute atomic E-state index is 11.5. The largest absolute Gasteiger partial charge is 0.301 e. The molecule has 1 heterocycles. The number of hydrogen-bond acceptors (Lipinski definition) is 3. The Morgan fingerprint density at radius 1 is 1.47 bits per heavy atom. The van der Waals surface area contributed by atoms with Crippen molar-refractivity contribution in [2.75, 3.05) is 5.32 Å². The maximum atomic E-state index is 11.5. The molecular weight excluding hydrogens is 280 g/mol. The minimum absolute atomic E-state index is 0.220. The summed E-state index contributed by atoms with van der Waals surface area (Å²) in [5, 5.41) is 2.78. The number of rotatable bonds is 4. The van der Waals surface area contributed by atoms with Crippen LogP contribution in [0.4, 0.5) is 5.13 Å². The van der Waals surface area contributed by atoms with Crippen LogP contribution >= 0.6 is 22.9 Å². The summed E-state index contributed by atoms with van der Waals surface area (Å²) in [5.41, 5.74) is 2.22. The number of nitrogens with one attached hydrogen (secondary N) is 1. The van der Waals surface area contributed by atoms with Crippen LogP contribution in [0.25, 0.3) is 10.2 Å². The van der Waals surface area contributed by atoms with E-state index in [9.17, 15) is 4.79 Å². The van der Waals surface area contributed by atoms with E-state index in [2.05, 4.69) is 36.3 Å². The Labute approximate surface area is 122 Å². The van der Waals surface area contributed by atoms with Crippen molar-refractivity contribution in [1.82, 2.24) is 4.98 Å². The van der Waals surface area contributed by atoms with Crippen LogP contribution in [-0.2, 0) is 4.79 Å². The van der Waals surface area contributed by atoms with E-state index >= 15 is 0 Å². The van der Waals surface area contributed by atoms with Crippen molar-refractivity contribution < 1.29 is 4.79 Å². The molecule has 1 amide bonds. The SMILES string of the molecule is CC[C@@H](C)c1ccc2nc(NC(=O)[C@@H](C)Cl)sc2c1. The first-order chi connectivity index (χ1) is 9.01. The lowest BCUT2D eigenvalue weighted by molar-refractivity contribution is -0.115. The van der Waals surface area contributed by atoms with Crippen LogP contribution in [0, 0.1) is 0 Å². The van der Waals surface area contributed by atoms with E-state index in [1.165, 1.54) is 16.9 Å². The van der Waals surface area contributed by atoms with Gasteiger partial charge in [0.15, 0.2) is 5.13 Å². The molecule has 1 aromatic carbocycles. The summed E-state index contributed by atoms with van der Waals surface area (Å²) in [6.45, 7) is 6.03. The van der Waals surface area contributed by atoms with Crippen molar-refractivity contribution in [3.63, 3.8) is 0 Å². The second-order valence-electron chi connectivity index (χ2n) is 4.66. The van der Waals surface area contributed by atoms with Gasteiger partial charge in [-0.25, -0.2) is 4.98 Å². The second-order valence-corrected chi connectivity index (χ2v) is 6.35. The average Bonchev–Trinajstić information content (AvgIpc) is 2.78. The highest BCUT2D eigenvalue weighted by Gasteiger charge is 2.13. The molecule has 0 fully saturated rings. The molecule has 0 bridgehead atoms. The fraction of sp³-hybridized carbons (Fsp3) is 0.429. The molecule has 0 spiro atoms. The average molecular weight is 297 g/mol. The molecule has 0 aliphatic heterocycles. The molecule has 1 N–H and O–H groups in total. The van der Waals surface area contributed by atoms with Crippen molar-refractivity contribution in [2.24, 2.45) is 0 Å². The number of carbonyl (C=O) groups is 1. The molecule has 0 saturated carbocycles. The number of alkyl halides is 1. The zero-order valence-corrected chi connectivity index (χ0v) is 12.8. The number of thiazole rings is 1. The number of anilines is 1. The van der Waals surface area contributed by atoms with Gasteiger partial charge in [0.25, 0.3) is 0 Å². The first-order valence-electron chi connectivity index (χ1n) is 6.36. The molecule has 2 atom stereocenters. The van der Waals surface area contributed by atoms with Gasteiger partial charge in [0.1, 0.15) is 5.38 Å². The van der Waals surface area contributed by atoms with Gasteiger partial charge in [0.2, 0.25) is 5.91 Å². The van der Waals surface area contributed by atoms with Crippen LogP contribution < -0.4 is 5.32 Å². The van der Waals surface area contributed by atoms with E-state index in [4.69, 9.17) is 11.6 Å². The fourth-order valence-electron chi connectivity index (χ4n) is 1.74. The Morgan fingerprint density at radius 3 is 2.84 bits per heavy atom. The van der Waals surface area contributed by atoms with Crippen molar-refractivity contribution >= 4 is 44.2 Å². The molecule has 0 aliphatic rings. The molecule has 5 heteroatoms. The highest BCUT2D eigenvalue weighted by atomic mass is 35.5. The van der Waals surface area contributed by atoms with E-state index in [1.54, 1.807) is 6.92 Å². The van der Waals surface area contributed by atoms with Gasteiger partial charge >= 0.3 is 0 Å². The Bertz CT molecular complexity index is 594. The van der Waals surface area contributed by atoms with Gasteiger partial charge in [0.05, 0.1) is 10.2 Å². The van der Waals surface area contributed by atoms with Gasteiger partial charge in [-0.05, 0) is 37.0 Å². The summed E-state index contributed by atoms with van der Waals surface area (Å²) in [7, 11) is 0. The van der Waals surface area contributed by atoms with Crippen LogP contribution in [0.5, 0.6) is 0 Å². The molecule has 102 valence electrons. The standard InChI is InChI=1S/C14H17ClN2OS/c1-4-8(2)10-5-6-11-12(7-10)19-14(16-11)17-13(18)9(3)15/h5-9H,4H2,1-3H3,(H,16,17,18)/t8-,9-/m1/s1. The lowest BCUT2D eigenvalue weighted by Gasteiger charge is -2.07. The highest BCUT2D eigenvalue weighted by molar-refractivity contribution is 7.22. The topological polar surface area (TPSA) is 42.0 Å². The van der Waals surface area contributed by atoms with Crippen molar-refractivity contribution in [1.29, 1.82) is 0 Å². The first kappa shape index (κ1) is 14.3. The summed E-state index contributed by atoms with van der Waals surface area (Å²) in [5.74, 6) is 0.315. The van der Waals surface area contributed by atoms with Crippen LogP contribution in [0.2, 0.25) is 0 Å². The van der Waals surface area contributed by atoms with Gasteiger partial charge in [-0.3, -0.25) is 4.79 Å². The van der Waals surface area contributed by atoms with Crippen molar-refractivity contribution in [2.45, 2.75) is 38.5 Å². The number of nitrogens with zero attached hydrogens (tertiary/aromatic N) is 1. The van der Waals surface area contributed by atoms with Crippen molar-refractivity contribution in [3.8, 4) is 0 Å². The Balaban J connectivity index is 2.28. The number of carbonyl (C=O) groups excluding carboxylic acids is 1. The zero-order valence-electron chi connectivity index (χ0n) is 11.2. The van der Waals surface area contributed by atoms with E-state index in [0.29, 0.717) is 11.0 Å². The summed E-state index contributed by atoms with van der Waals surface area (Å²) in [4.78, 5) is 15.9. The molecule has 0 saturated heterocycles. The quantitative estimate of drug-likeness (QED) is 0.851. The Kier molecular flexibility index (Phi) is 4.42. The third-order valence-electron chi connectivity index (χ3n) is 3.19. The van der Waals surface area contributed by atoms with Gasteiger partial charge in [-0.1, -0.05) is 31.3 Å². The lowest BCUT2D eigenvalue weighted by Crippen LogP contribution is -2.19. The minimum atomic E-state index is -0.553. The number of halogens is 1. The fourth-order valence-corrected chi connectivity index (χ4v) is 2.71. The third kappa shape index (κ3) is 3.25. The van der Waals surface area contributed by atoms with Crippen LogP contribution in [-0.4, -0.2) is 16.3 Å². The lowest BCUT2D eigenvalue weighted by atomic mass is 9.99. The number of aromatic nitrogens is 1. The van der Waals surface area contributed by atoms with E-state index < -0.39 is 5.38 Å². The van der Waals surface area contributed by atoms with Gasteiger partial charge < -0.3 is 5.32 Å². The first-order valence-corrected chi connectivity index (χ1v) is 7.62. The van der Waals surface area contributed by atoms with Gasteiger partial charge in [-0.15, -0.1) is 11.6 Å². The predicted octanol–water partition coefficient (Wildman–Crippen LogP) is 4.38. The monoisotopic (exact) mass is 296 g/mol. The van der Waals surface area contributed by atoms with Crippen molar-refractivity contribution in [3.05, 3.63) is 23.8 Å². The van der Waals surface area contributed by atoms with Crippen LogP contribution in [0.15, 0.2) is 18.2 Å². The Hall–Kier alpha value is -1.13. The minimum Gasteiger partial charge on any atom is -0.301 e. The van der Waals surface area contributed by atoms with Gasteiger partial charge in [-0.2, -0.15) is 0 Å². The van der Waals surface area contributed by atoms with Crippen LogP contribution in [0.3, 0.4) is 0 Å². The predicted molar refractivity (Wildman–Crippen MR) is 82.3 cm³/mol. The second kappa shape index (κ2) is 5.88. The molecule has 19 heavy (non-hydrogen) atoms. The summed E-state index contributed by atoms with van der Waals surface area (Å²) >= 11 is 7.21. The number of amides is 1. The smallest absolute Gasteiger partial charge is 0.243 e. The summed E-state index contributed by atoms with van der Waals surface area (Å²) in [6.07, 6.45) is 1.11. The highest BCUT2D eigenvalue weighted by Crippen LogP contribution is 2.30. The number of benzene rings is 1. The zero-order chi connectivity index (χ0) is 14.0. The van der Waals surface area contributed by atoms with E-state index in [1.807, 2.05) is 6.07 Å². The van der Waals surface area contributed by atoms with E-state index in [-0.39, 0.29) is 5.91 Å². The molecule has 0 aliphatic carbocycles. The molecular formula is C14H17ClN2OS. The van der Waals surface area contributed by atoms with Gasteiger partial charge in [0, 0.05) is 0 Å². The Morgan fingerprint density at radius 2 is 2.21 bits per heavy atom. The summed E-state index contributed by atoms with van der Waals surface area (Å²) in [6, 6.07) is 6.26. The maximum Gasteiger partial charge on any atom is 0.243 e. The van der Waals surface area contributed by atoms with E-state index in [0.717, 1.165) is 16.6 Å². The molecule has 0 unspecified atom stereocenters. The molecule has 0 radical (unpaired) electrons. The normalized spacial score (nSPS) is 14.3. The number of fused-ring (bicyclic) bond motifs is 1. The third-order valence-corrected chi connectivity index (χ3v) is 4.32. The molecule has 2 aromatic rings. The van der Waals surface area contributed by atoms with Crippen LogP contribution in [0.1, 0.15) is 38.7 Å².